The molecule has 0 atom stereocenters. The van der Waals surface area contributed by atoms with Crippen molar-refractivity contribution in [3.63, 3.8) is 0 Å². The Morgan fingerprint density at radius 2 is 1.88 bits per heavy atom. The minimum absolute atomic E-state index is 0.00120. The summed E-state index contributed by atoms with van der Waals surface area (Å²) in [6.07, 6.45) is 4.26. The highest BCUT2D eigenvalue weighted by molar-refractivity contribution is 4.89. The molecule has 48 valence electrons. The summed E-state index contributed by atoms with van der Waals surface area (Å²) in [7, 11) is 0. The number of aliphatic hydroxyl groups excluding tert-OH is 1. The van der Waals surface area contributed by atoms with Crippen molar-refractivity contribution in [3.05, 3.63) is 5.92 Å². The first-order valence-corrected chi connectivity index (χ1v) is 3.28. The van der Waals surface area contributed by atoms with Crippen molar-refractivity contribution in [2.45, 2.75) is 38.7 Å². The molecule has 1 saturated carbocycles. The summed E-state index contributed by atoms with van der Waals surface area (Å²) in [5.74, 6) is 1.55. The van der Waals surface area contributed by atoms with Gasteiger partial charge in [0.2, 0.25) is 0 Å². The van der Waals surface area contributed by atoms with Gasteiger partial charge in [-0.25, -0.2) is 0 Å². The average Bonchev–Trinajstić information content (AvgIpc) is 1.77. The van der Waals surface area contributed by atoms with Gasteiger partial charge in [0.25, 0.3) is 0 Å². The van der Waals surface area contributed by atoms with Crippen LogP contribution in [-0.2, 0) is 0 Å². The van der Waals surface area contributed by atoms with E-state index in [2.05, 4.69) is 6.92 Å². The van der Waals surface area contributed by atoms with E-state index >= 15 is 0 Å². The Morgan fingerprint density at radius 3 is 2.25 bits per heavy atom. The molecule has 0 saturated heterocycles. The maximum atomic E-state index is 9.01. The molecular formula is C7H13O-. The first-order valence-electron chi connectivity index (χ1n) is 3.28. The molecule has 1 aliphatic rings. The van der Waals surface area contributed by atoms with Crippen LogP contribution in [0.3, 0.4) is 0 Å². The number of aliphatic hydroxyl groups is 1. The summed E-state index contributed by atoms with van der Waals surface area (Å²) in [4.78, 5) is 0. The van der Waals surface area contributed by atoms with Gasteiger partial charge in [-0.3, -0.25) is 0 Å². The van der Waals surface area contributed by atoms with Crippen LogP contribution >= 0.6 is 0 Å². The van der Waals surface area contributed by atoms with Gasteiger partial charge in [0, 0.05) is 6.10 Å². The molecule has 0 aromatic heterocycles. The van der Waals surface area contributed by atoms with Gasteiger partial charge in [0.1, 0.15) is 0 Å². The lowest BCUT2D eigenvalue weighted by molar-refractivity contribution is 0.136. The molecular weight excluding hydrogens is 100 g/mol. The van der Waals surface area contributed by atoms with Crippen molar-refractivity contribution in [3.8, 4) is 0 Å². The van der Waals surface area contributed by atoms with E-state index < -0.39 is 0 Å². The molecule has 0 aliphatic heterocycles. The average molecular weight is 113 g/mol. The molecule has 1 N–H and O–H groups in total. The quantitative estimate of drug-likeness (QED) is 0.472. The topological polar surface area (TPSA) is 20.2 Å². The van der Waals surface area contributed by atoms with E-state index in [1.165, 1.54) is 0 Å². The highest BCUT2D eigenvalue weighted by Gasteiger charge is 2.05. The van der Waals surface area contributed by atoms with E-state index in [0.29, 0.717) is 0 Å². The van der Waals surface area contributed by atoms with E-state index in [0.717, 1.165) is 25.7 Å². The third kappa shape index (κ3) is 1.48. The number of rotatable bonds is 0. The van der Waals surface area contributed by atoms with Crippen LogP contribution < -0.4 is 0 Å². The van der Waals surface area contributed by atoms with E-state index in [4.69, 9.17) is 5.11 Å². The lowest BCUT2D eigenvalue weighted by Gasteiger charge is -2.32. The fourth-order valence-electron chi connectivity index (χ4n) is 1.10. The summed E-state index contributed by atoms with van der Waals surface area (Å²) in [5.41, 5.74) is 0. The molecule has 1 nitrogen and oxygen atoms in total. The Bertz CT molecular complexity index is 52.8. The molecule has 1 aliphatic carbocycles. The van der Waals surface area contributed by atoms with Crippen LogP contribution in [-0.4, -0.2) is 11.2 Å². The molecule has 1 rings (SSSR count). The van der Waals surface area contributed by atoms with Crippen LogP contribution in [0.1, 0.15) is 32.6 Å². The van der Waals surface area contributed by atoms with Gasteiger partial charge >= 0.3 is 0 Å². The Hall–Kier alpha value is -0.0400. The summed E-state index contributed by atoms with van der Waals surface area (Å²) >= 11 is 0. The van der Waals surface area contributed by atoms with Crippen LogP contribution in [0.4, 0.5) is 0 Å². The lowest BCUT2D eigenvalue weighted by Crippen LogP contribution is -2.14. The zero-order valence-electron chi connectivity index (χ0n) is 5.35. The van der Waals surface area contributed by atoms with Gasteiger partial charge in [0.05, 0.1) is 0 Å². The second-order valence-corrected chi connectivity index (χ2v) is 2.69. The van der Waals surface area contributed by atoms with Gasteiger partial charge < -0.3 is 11.0 Å². The van der Waals surface area contributed by atoms with Gasteiger partial charge in [-0.2, -0.15) is 19.8 Å². The van der Waals surface area contributed by atoms with Crippen molar-refractivity contribution in [1.29, 1.82) is 0 Å². The minimum Gasteiger partial charge on any atom is -0.393 e. The van der Waals surface area contributed by atoms with Crippen molar-refractivity contribution >= 4 is 0 Å². The van der Waals surface area contributed by atoms with Crippen molar-refractivity contribution in [1.82, 2.24) is 0 Å². The first kappa shape index (κ1) is 6.09. The molecule has 1 fully saturated rings. The van der Waals surface area contributed by atoms with Crippen LogP contribution in [0.5, 0.6) is 0 Å². The van der Waals surface area contributed by atoms with E-state index in [-0.39, 0.29) is 6.10 Å². The molecule has 0 spiro atoms. The zero-order chi connectivity index (χ0) is 5.98. The molecule has 0 amide bonds. The molecule has 0 unspecified atom stereocenters. The van der Waals surface area contributed by atoms with Gasteiger partial charge in [-0.05, 0) is 0 Å². The monoisotopic (exact) mass is 113 g/mol. The summed E-state index contributed by atoms with van der Waals surface area (Å²) in [5, 5.41) is 9.01. The Labute approximate surface area is 50.7 Å². The molecule has 1 heteroatoms. The fourth-order valence-corrected chi connectivity index (χ4v) is 1.10. The van der Waals surface area contributed by atoms with Crippen molar-refractivity contribution in [2.24, 2.45) is 0 Å². The van der Waals surface area contributed by atoms with Crippen molar-refractivity contribution in [2.75, 3.05) is 0 Å². The van der Waals surface area contributed by atoms with Gasteiger partial charge in [0.15, 0.2) is 0 Å². The van der Waals surface area contributed by atoms with E-state index in [9.17, 15) is 0 Å². The minimum atomic E-state index is -0.00120. The lowest BCUT2D eigenvalue weighted by atomic mass is 9.89. The Kier molecular flexibility index (Phi) is 1.90. The summed E-state index contributed by atoms with van der Waals surface area (Å²) < 4.78 is 0. The molecule has 0 heterocycles. The second kappa shape index (κ2) is 2.49. The second-order valence-electron chi connectivity index (χ2n) is 2.69. The van der Waals surface area contributed by atoms with Gasteiger partial charge in [-0.15, -0.1) is 0 Å². The van der Waals surface area contributed by atoms with E-state index in [1.807, 2.05) is 0 Å². The molecule has 0 aromatic carbocycles. The first-order chi connectivity index (χ1) is 3.79. The van der Waals surface area contributed by atoms with Crippen LogP contribution in [0.25, 0.3) is 0 Å². The number of hydrogen-bond acceptors (Lipinski definition) is 1. The molecule has 0 aromatic rings. The Balaban J connectivity index is 2.19. The van der Waals surface area contributed by atoms with Gasteiger partial charge in [-0.1, -0.05) is 12.8 Å². The Morgan fingerprint density at radius 1 is 1.38 bits per heavy atom. The smallest absolute Gasteiger partial charge is 0.0491 e. The largest absolute Gasteiger partial charge is 0.393 e. The zero-order valence-corrected chi connectivity index (χ0v) is 5.35. The maximum Gasteiger partial charge on any atom is 0.0491 e. The van der Waals surface area contributed by atoms with E-state index in [1.54, 1.807) is 5.92 Å². The normalized spacial score (nSPS) is 26.2. The third-order valence-electron chi connectivity index (χ3n) is 1.81. The van der Waals surface area contributed by atoms with Crippen molar-refractivity contribution < 1.29 is 5.11 Å². The fraction of sp³-hybridized carbons (Fsp3) is 0.857. The molecule has 0 radical (unpaired) electrons. The standard InChI is InChI=1S/C7H13O/c1-6-2-4-7(8)5-3-6/h7-8H,2-5H2,1H3/q-1. The SMILES string of the molecule is C[C-]1CCC(O)CC1. The van der Waals surface area contributed by atoms with Crippen LogP contribution in [0.15, 0.2) is 0 Å². The maximum absolute atomic E-state index is 9.01. The third-order valence-corrected chi connectivity index (χ3v) is 1.81. The summed E-state index contributed by atoms with van der Waals surface area (Å²) in [6.45, 7) is 2.17. The van der Waals surface area contributed by atoms with Crippen LogP contribution in [0.2, 0.25) is 0 Å². The summed E-state index contributed by atoms with van der Waals surface area (Å²) in [6, 6.07) is 0. The highest BCUT2D eigenvalue weighted by atomic mass is 16.3. The number of hydrogen-bond donors (Lipinski definition) is 1. The van der Waals surface area contributed by atoms with Crippen LogP contribution in [0, 0.1) is 5.92 Å². The highest BCUT2D eigenvalue weighted by Crippen LogP contribution is 2.24. The predicted octanol–water partition coefficient (Wildman–Crippen LogP) is 1.52. The predicted molar refractivity (Wildman–Crippen MR) is 33.4 cm³/mol. The molecule has 0 bridgehead atoms. The molecule has 8 heavy (non-hydrogen) atoms.